The summed E-state index contributed by atoms with van der Waals surface area (Å²) in [6.45, 7) is 1.93. The normalized spacial score (nSPS) is 11.8. The standard InChI is InChI=1S/C35H38ClN3O5S/c1-3-4-23-37-35(41)33(24-27-13-7-5-8-14-27)38(25-28-15-11-12-18-32(28)36)34(40)26-39(29-19-21-30(44-2)22-20-29)45(42,43)31-16-9-6-10-17-31/h5-22,33H,3-4,23-26H2,1-2H3,(H,37,41). The lowest BCUT2D eigenvalue weighted by atomic mass is 10.0. The van der Waals surface area contributed by atoms with Gasteiger partial charge in [0, 0.05) is 24.5 Å². The molecule has 0 spiro atoms. The number of rotatable bonds is 15. The van der Waals surface area contributed by atoms with Crippen molar-refractivity contribution in [1.29, 1.82) is 0 Å². The molecule has 2 amide bonds. The molecule has 0 radical (unpaired) electrons. The predicted molar refractivity (Wildman–Crippen MR) is 178 cm³/mol. The van der Waals surface area contributed by atoms with Crippen molar-refractivity contribution < 1.29 is 22.7 Å². The van der Waals surface area contributed by atoms with Crippen LogP contribution in [0, 0.1) is 0 Å². The summed E-state index contributed by atoms with van der Waals surface area (Å²) in [6.07, 6.45) is 1.89. The number of hydrogen-bond acceptors (Lipinski definition) is 5. The first kappa shape index (κ1) is 33.6. The van der Waals surface area contributed by atoms with Crippen LogP contribution in [0.1, 0.15) is 30.9 Å². The third-order valence-electron chi connectivity index (χ3n) is 7.37. The topological polar surface area (TPSA) is 96.0 Å². The molecule has 0 saturated carbocycles. The maximum atomic E-state index is 14.5. The average molecular weight is 648 g/mol. The Morgan fingerprint density at radius 1 is 0.867 bits per heavy atom. The average Bonchev–Trinajstić information content (AvgIpc) is 3.07. The van der Waals surface area contributed by atoms with Gasteiger partial charge in [0.25, 0.3) is 10.0 Å². The van der Waals surface area contributed by atoms with Gasteiger partial charge in [0.05, 0.1) is 17.7 Å². The van der Waals surface area contributed by atoms with Gasteiger partial charge in [0.15, 0.2) is 0 Å². The molecule has 236 valence electrons. The number of hydrogen-bond donors (Lipinski definition) is 1. The second-order valence-electron chi connectivity index (χ2n) is 10.5. The fraction of sp³-hybridized carbons (Fsp3) is 0.257. The fourth-order valence-corrected chi connectivity index (χ4v) is 6.50. The van der Waals surface area contributed by atoms with E-state index in [1.54, 1.807) is 66.7 Å². The summed E-state index contributed by atoms with van der Waals surface area (Å²) < 4.78 is 34.4. The lowest BCUT2D eigenvalue weighted by Gasteiger charge is -2.34. The highest BCUT2D eigenvalue weighted by atomic mass is 35.5. The summed E-state index contributed by atoms with van der Waals surface area (Å²) >= 11 is 6.55. The van der Waals surface area contributed by atoms with Gasteiger partial charge in [-0.05, 0) is 60.0 Å². The van der Waals surface area contributed by atoms with Crippen LogP contribution in [0.2, 0.25) is 5.02 Å². The molecule has 0 saturated heterocycles. The molecular weight excluding hydrogens is 610 g/mol. The number of methoxy groups -OCH3 is 1. The Hall–Kier alpha value is -4.34. The van der Waals surface area contributed by atoms with Crippen molar-refractivity contribution >= 4 is 39.1 Å². The van der Waals surface area contributed by atoms with Gasteiger partial charge in [-0.25, -0.2) is 8.42 Å². The Bertz CT molecular complexity index is 1650. The minimum Gasteiger partial charge on any atom is -0.497 e. The first-order valence-electron chi connectivity index (χ1n) is 14.8. The first-order chi connectivity index (χ1) is 21.7. The van der Waals surface area contributed by atoms with Crippen LogP contribution in [0.15, 0.2) is 114 Å². The summed E-state index contributed by atoms with van der Waals surface area (Å²) in [5, 5.41) is 3.42. The minimum atomic E-state index is -4.19. The number of nitrogens with zero attached hydrogens (tertiary/aromatic N) is 2. The number of sulfonamides is 1. The number of anilines is 1. The van der Waals surface area contributed by atoms with Crippen LogP contribution in [-0.4, -0.2) is 51.4 Å². The second-order valence-corrected chi connectivity index (χ2v) is 12.8. The number of halogens is 1. The van der Waals surface area contributed by atoms with Gasteiger partial charge in [-0.1, -0.05) is 91.7 Å². The summed E-state index contributed by atoms with van der Waals surface area (Å²) in [5.41, 5.74) is 1.76. The number of carbonyl (C=O) groups is 2. The Kier molecular flexibility index (Phi) is 12.0. The largest absolute Gasteiger partial charge is 0.497 e. The van der Waals surface area contributed by atoms with E-state index in [2.05, 4.69) is 5.32 Å². The van der Waals surface area contributed by atoms with Gasteiger partial charge in [-0.15, -0.1) is 0 Å². The van der Waals surface area contributed by atoms with E-state index in [-0.39, 0.29) is 29.5 Å². The lowest BCUT2D eigenvalue weighted by molar-refractivity contribution is -0.140. The smallest absolute Gasteiger partial charge is 0.264 e. The molecule has 4 aromatic rings. The maximum Gasteiger partial charge on any atom is 0.264 e. The summed E-state index contributed by atoms with van der Waals surface area (Å²) in [6, 6.07) is 30.0. The summed E-state index contributed by atoms with van der Waals surface area (Å²) in [7, 11) is -2.67. The monoisotopic (exact) mass is 647 g/mol. The van der Waals surface area contributed by atoms with Crippen molar-refractivity contribution in [2.45, 2.75) is 43.7 Å². The van der Waals surface area contributed by atoms with Crippen molar-refractivity contribution in [3.05, 3.63) is 125 Å². The third kappa shape index (κ3) is 8.86. The SMILES string of the molecule is CCCCNC(=O)C(Cc1ccccc1)N(Cc1ccccc1Cl)C(=O)CN(c1ccc(OC)cc1)S(=O)(=O)c1ccccc1. The molecule has 8 nitrogen and oxygen atoms in total. The molecule has 0 fully saturated rings. The van der Waals surface area contributed by atoms with Crippen LogP contribution in [0.3, 0.4) is 0 Å². The number of amides is 2. The van der Waals surface area contributed by atoms with Gasteiger partial charge in [-0.2, -0.15) is 0 Å². The molecule has 1 N–H and O–H groups in total. The molecule has 0 aliphatic rings. The number of nitrogens with one attached hydrogen (secondary N) is 1. The molecule has 0 aliphatic heterocycles. The van der Waals surface area contributed by atoms with Gasteiger partial charge < -0.3 is 15.0 Å². The van der Waals surface area contributed by atoms with Gasteiger partial charge >= 0.3 is 0 Å². The van der Waals surface area contributed by atoms with Crippen LogP contribution < -0.4 is 14.4 Å². The quantitative estimate of drug-likeness (QED) is 0.157. The fourth-order valence-electron chi connectivity index (χ4n) is 4.87. The van der Waals surface area contributed by atoms with Gasteiger partial charge in [0.2, 0.25) is 11.8 Å². The molecular formula is C35H38ClN3O5S. The van der Waals surface area contributed by atoms with Crippen molar-refractivity contribution in [1.82, 2.24) is 10.2 Å². The molecule has 4 aromatic carbocycles. The Labute approximate surface area is 270 Å². The van der Waals surface area contributed by atoms with Crippen molar-refractivity contribution in [2.75, 3.05) is 24.5 Å². The van der Waals surface area contributed by atoms with E-state index in [0.29, 0.717) is 22.9 Å². The molecule has 1 unspecified atom stereocenters. The van der Waals surface area contributed by atoms with Gasteiger partial charge in [0.1, 0.15) is 18.3 Å². The number of unbranched alkanes of at least 4 members (excludes halogenated alkanes) is 1. The molecule has 0 bridgehead atoms. The highest BCUT2D eigenvalue weighted by Crippen LogP contribution is 2.27. The molecule has 10 heteroatoms. The molecule has 0 heterocycles. The second kappa shape index (κ2) is 16.1. The summed E-state index contributed by atoms with van der Waals surface area (Å²) in [4.78, 5) is 29.8. The van der Waals surface area contributed by atoms with Crippen LogP contribution in [0.5, 0.6) is 5.75 Å². The van der Waals surface area contributed by atoms with E-state index in [4.69, 9.17) is 16.3 Å². The van der Waals surface area contributed by atoms with Crippen LogP contribution in [0.25, 0.3) is 0 Å². The van der Waals surface area contributed by atoms with E-state index in [0.717, 1.165) is 22.7 Å². The highest BCUT2D eigenvalue weighted by Gasteiger charge is 2.34. The van der Waals surface area contributed by atoms with E-state index < -0.39 is 28.5 Å². The number of benzene rings is 4. The Balaban J connectivity index is 1.79. The maximum absolute atomic E-state index is 14.5. The Morgan fingerprint density at radius 3 is 2.11 bits per heavy atom. The van der Waals surface area contributed by atoms with Gasteiger partial charge in [-0.3, -0.25) is 13.9 Å². The zero-order chi connectivity index (χ0) is 32.2. The van der Waals surface area contributed by atoms with Crippen LogP contribution in [-0.2, 0) is 32.6 Å². The Morgan fingerprint density at radius 2 is 1.49 bits per heavy atom. The third-order valence-corrected chi connectivity index (χ3v) is 9.53. The van der Waals surface area contributed by atoms with E-state index >= 15 is 0 Å². The van der Waals surface area contributed by atoms with Crippen molar-refractivity contribution in [2.24, 2.45) is 0 Å². The van der Waals surface area contributed by atoms with E-state index in [1.165, 1.54) is 24.1 Å². The van der Waals surface area contributed by atoms with E-state index in [9.17, 15) is 18.0 Å². The van der Waals surface area contributed by atoms with Crippen molar-refractivity contribution in [3.63, 3.8) is 0 Å². The predicted octanol–water partition coefficient (Wildman–Crippen LogP) is 6.10. The zero-order valence-corrected chi connectivity index (χ0v) is 27.0. The molecule has 45 heavy (non-hydrogen) atoms. The van der Waals surface area contributed by atoms with Crippen LogP contribution >= 0.6 is 11.6 Å². The number of ether oxygens (including phenoxy) is 1. The summed E-state index contributed by atoms with van der Waals surface area (Å²) in [5.74, 6) is -0.347. The molecule has 1 atom stereocenters. The van der Waals surface area contributed by atoms with Crippen LogP contribution in [0.4, 0.5) is 5.69 Å². The molecule has 0 aromatic heterocycles. The first-order valence-corrected chi connectivity index (χ1v) is 16.6. The molecule has 4 rings (SSSR count). The van der Waals surface area contributed by atoms with E-state index in [1.807, 2.05) is 37.3 Å². The lowest BCUT2D eigenvalue weighted by Crippen LogP contribution is -2.53. The number of carbonyl (C=O) groups excluding carboxylic acids is 2. The highest BCUT2D eigenvalue weighted by molar-refractivity contribution is 7.92. The minimum absolute atomic E-state index is 0.000951. The van der Waals surface area contributed by atoms with Crippen molar-refractivity contribution in [3.8, 4) is 5.75 Å². The molecule has 0 aliphatic carbocycles. The zero-order valence-electron chi connectivity index (χ0n) is 25.4.